The Morgan fingerprint density at radius 3 is 1.84 bits per heavy atom. The maximum Gasteiger partial charge on any atom is 0.472 e. The number of nitrogens with one attached hydrogen (secondary N) is 1. The van der Waals surface area contributed by atoms with Crippen LogP contribution < -0.4 is 5.32 Å². The van der Waals surface area contributed by atoms with Crippen molar-refractivity contribution in [2.75, 3.05) is 40.9 Å². The zero-order valence-electron chi connectivity index (χ0n) is 36.7. The van der Waals surface area contributed by atoms with Crippen LogP contribution in [0.2, 0.25) is 0 Å². The van der Waals surface area contributed by atoms with Crippen LogP contribution in [0.15, 0.2) is 85.1 Å². The largest absolute Gasteiger partial charge is 0.472 e. The van der Waals surface area contributed by atoms with Crippen LogP contribution in [0.1, 0.15) is 149 Å². The lowest BCUT2D eigenvalue weighted by molar-refractivity contribution is -0.870. The third kappa shape index (κ3) is 40.2. The summed E-state index contributed by atoms with van der Waals surface area (Å²) in [6.07, 6.45) is 48.3. The number of unbranched alkanes of at least 4 members (excludes halogenated alkanes) is 13. The van der Waals surface area contributed by atoms with E-state index in [2.05, 4.69) is 49.5 Å². The number of phosphoric ester groups is 1. The van der Waals surface area contributed by atoms with Gasteiger partial charge >= 0.3 is 7.82 Å². The molecule has 10 heteroatoms. The molecule has 0 aliphatic rings. The Hall–Kier alpha value is -2.36. The third-order valence-electron chi connectivity index (χ3n) is 9.21. The van der Waals surface area contributed by atoms with E-state index in [1.54, 1.807) is 12.2 Å². The average Bonchev–Trinajstić information content (AvgIpc) is 3.16. The van der Waals surface area contributed by atoms with Crippen LogP contribution in [-0.2, 0) is 18.4 Å². The van der Waals surface area contributed by atoms with Crippen molar-refractivity contribution in [2.24, 2.45) is 0 Å². The number of phosphoric acid groups is 1. The maximum atomic E-state index is 12.8. The fourth-order valence-electron chi connectivity index (χ4n) is 5.68. The third-order valence-corrected chi connectivity index (χ3v) is 10.2. The van der Waals surface area contributed by atoms with Crippen molar-refractivity contribution >= 4 is 13.7 Å². The van der Waals surface area contributed by atoms with Crippen molar-refractivity contribution in [1.82, 2.24) is 5.32 Å². The summed E-state index contributed by atoms with van der Waals surface area (Å²) in [7, 11) is 1.48. The van der Waals surface area contributed by atoms with E-state index in [1.165, 1.54) is 70.6 Å². The second kappa shape index (κ2) is 37.9. The molecule has 0 radical (unpaired) electrons. The fourth-order valence-corrected chi connectivity index (χ4v) is 6.41. The Kier molecular flexibility index (Phi) is 36.3. The first kappa shape index (κ1) is 54.6. The first-order valence-corrected chi connectivity index (χ1v) is 23.6. The number of quaternary nitrogens is 1. The first-order valence-electron chi connectivity index (χ1n) is 22.1. The molecule has 0 rings (SSSR count). The zero-order valence-corrected chi connectivity index (χ0v) is 37.5. The highest BCUT2D eigenvalue weighted by Crippen LogP contribution is 2.43. The number of amides is 1. The van der Waals surface area contributed by atoms with Gasteiger partial charge in [-0.15, -0.1) is 0 Å². The Bertz CT molecular complexity index is 1220. The number of nitrogens with zero attached hydrogens (tertiary/aromatic N) is 1. The number of hydrogen-bond donors (Lipinski definition) is 4. The summed E-state index contributed by atoms with van der Waals surface area (Å²) in [5.41, 5.74) is 0. The molecular formula is C47H84N2O7P+. The van der Waals surface area contributed by atoms with Gasteiger partial charge in [0.1, 0.15) is 13.2 Å². The molecule has 0 aromatic rings. The van der Waals surface area contributed by atoms with Gasteiger partial charge in [0.25, 0.3) is 0 Å². The van der Waals surface area contributed by atoms with Gasteiger partial charge in [-0.3, -0.25) is 13.8 Å². The lowest BCUT2D eigenvalue weighted by Crippen LogP contribution is -2.45. The van der Waals surface area contributed by atoms with Gasteiger partial charge in [-0.05, 0) is 51.4 Å². The molecule has 4 atom stereocenters. The van der Waals surface area contributed by atoms with Gasteiger partial charge < -0.3 is 24.9 Å². The standard InChI is InChI=1S/C47H83N2O7P/c1-6-8-10-12-14-15-16-17-18-19-20-24-27-31-35-39-46(51)45(43-56-57(53,54)55-42-41-49(3,4)5)48-47(52)40-36-32-28-25-22-21-23-26-30-34-38-44(50)37-33-29-13-11-9-7-2/h9,11,21-22,26,28-30,32-35,38-39,44-46,50-51H,6-8,10,12-20,23-25,27,31,36-37,40-43H2,1-5H3,(H-,48,52,53,54)/p+1/b11-9-,22-21-,30-26-,32-28-,33-29-,38-34+,39-35+/t44?,45-,46+/m0/s1. The van der Waals surface area contributed by atoms with Crippen LogP contribution in [0.4, 0.5) is 0 Å². The highest BCUT2D eigenvalue weighted by atomic mass is 31.2. The van der Waals surface area contributed by atoms with E-state index >= 15 is 0 Å². The second-order valence-electron chi connectivity index (χ2n) is 15.9. The van der Waals surface area contributed by atoms with E-state index in [9.17, 15) is 24.5 Å². The fraction of sp³-hybridized carbons (Fsp3) is 0.681. The quantitative estimate of drug-likeness (QED) is 0.0161. The van der Waals surface area contributed by atoms with Crippen molar-refractivity contribution in [1.29, 1.82) is 0 Å². The topological polar surface area (TPSA) is 125 Å². The molecule has 328 valence electrons. The van der Waals surface area contributed by atoms with Crippen LogP contribution in [-0.4, -0.2) is 84.6 Å². The van der Waals surface area contributed by atoms with Gasteiger partial charge in [0.05, 0.1) is 46.0 Å². The highest BCUT2D eigenvalue weighted by Gasteiger charge is 2.27. The van der Waals surface area contributed by atoms with Crippen molar-refractivity contribution in [3.8, 4) is 0 Å². The summed E-state index contributed by atoms with van der Waals surface area (Å²) in [6, 6.07) is -0.907. The number of carbonyl (C=O) groups excluding carboxylic acids is 1. The Balaban J connectivity index is 4.66. The van der Waals surface area contributed by atoms with Gasteiger partial charge in [-0.25, -0.2) is 4.57 Å². The van der Waals surface area contributed by atoms with Gasteiger partial charge in [-0.2, -0.15) is 0 Å². The Morgan fingerprint density at radius 1 is 0.667 bits per heavy atom. The van der Waals surface area contributed by atoms with Gasteiger partial charge in [-0.1, -0.05) is 176 Å². The summed E-state index contributed by atoms with van der Waals surface area (Å²) in [6.45, 7) is 4.55. The van der Waals surface area contributed by atoms with E-state index in [-0.39, 0.29) is 25.5 Å². The number of carbonyl (C=O) groups is 1. The molecule has 4 N–H and O–H groups in total. The van der Waals surface area contributed by atoms with E-state index in [4.69, 9.17) is 9.05 Å². The van der Waals surface area contributed by atoms with E-state index in [0.29, 0.717) is 23.9 Å². The lowest BCUT2D eigenvalue weighted by atomic mass is 10.0. The summed E-state index contributed by atoms with van der Waals surface area (Å²) >= 11 is 0. The Labute approximate surface area is 349 Å². The molecule has 0 aliphatic carbocycles. The molecule has 0 saturated heterocycles. The van der Waals surface area contributed by atoms with Crippen molar-refractivity contribution in [3.05, 3.63) is 85.1 Å². The number of likely N-dealkylation sites (N-methyl/N-ethyl adjacent to an activating group) is 1. The van der Waals surface area contributed by atoms with E-state index in [1.807, 2.05) is 63.7 Å². The summed E-state index contributed by atoms with van der Waals surface area (Å²) < 4.78 is 23.5. The predicted octanol–water partition coefficient (Wildman–Crippen LogP) is 11.2. The zero-order chi connectivity index (χ0) is 42.3. The molecule has 0 fully saturated rings. The average molecular weight is 820 g/mol. The Morgan fingerprint density at radius 2 is 1.23 bits per heavy atom. The molecule has 9 nitrogen and oxygen atoms in total. The number of aliphatic hydroxyl groups is 2. The molecule has 0 heterocycles. The van der Waals surface area contributed by atoms with E-state index < -0.39 is 26.1 Å². The summed E-state index contributed by atoms with van der Waals surface area (Å²) in [5.74, 6) is -0.282. The summed E-state index contributed by atoms with van der Waals surface area (Å²) in [4.78, 5) is 23.1. The maximum absolute atomic E-state index is 12.8. The molecule has 0 aromatic heterocycles. The van der Waals surface area contributed by atoms with Crippen LogP contribution in [0.25, 0.3) is 0 Å². The second-order valence-corrected chi connectivity index (χ2v) is 17.3. The molecule has 1 amide bonds. The number of allylic oxidation sites excluding steroid dienone is 11. The van der Waals surface area contributed by atoms with Gasteiger partial charge in [0, 0.05) is 6.42 Å². The highest BCUT2D eigenvalue weighted by molar-refractivity contribution is 7.47. The smallest absolute Gasteiger partial charge is 0.389 e. The molecule has 2 unspecified atom stereocenters. The molecule has 0 aliphatic heterocycles. The van der Waals surface area contributed by atoms with Crippen molar-refractivity contribution in [3.63, 3.8) is 0 Å². The first-order chi connectivity index (χ1) is 27.4. The van der Waals surface area contributed by atoms with Gasteiger partial charge in [0.2, 0.25) is 5.91 Å². The molecule has 57 heavy (non-hydrogen) atoms. The van der Waals surface area contributed by atoms with Crippen molar-refractivity contribution < 1.29 is 38.0 Å². The lowest BCUT2D eigenvalue weighted by Gasteiger charge is -2.25. The molecule has 0 saturated carbocycles. The SMILES string of the molecule is CC/C=C\C/C=C\CC(O)/C=C/C=C\C/C=C\C/C=C\CCC(=O)N[C@@H](COP(=O)(O)OCC[N+](C)(C)C)[C@H](O)/C=C/CCCCCCCCCCCCCCC. The summed E-state index contributed by atoms with van der Waals surface area (Å²) in [5, 5.41) is 23.8. The minimum Gasteiger partial charge on any atom is -0.389 e. The molecule has 0 bridgehead atoms. The van der Waals surface area contributed by atoms with Crippen LogP contribution >= 0.6 is 7.82 Å². The molecule has 0 aromatic carbocycles. The normalized spacial score (nSPS) is 15.7. The van der Waals surface area contributed by atoms with E-state index in [0.717, 1.165) is 44.9 Å². The van der Waals surface area contributed by atoms with Crippen LogP contribution in [0.5, 0.6) is 0 Å². The number of hydrogen-bond acceptors (Lipinski definition) is 6. The monoisotopic (exact) mass is 820 g/mol. The van der Waals surface area contributed by atoms with Crippen molar-refractivity contribution in [2.45, 2.75) is 167 Å². The minimum atomic E-state index is -4.37. The molecular weight excluding hydrogens is 735 g/mol. The number of aliphatic hydroxyl groups excluding tert-OH is 2. The number of rotatable bonds is 38. The van der Waals surface area contributed by atoms with Crippen LogP contribution in [0, 0.1) is 0 Å². The predicted molar refractivity (Wildman–Crippen MR) is 241 cm³/mol. The van der Waals surface area contributed by atoms with Gasteiger partial charge in [0.15, 0.2) is 0 Å². The van der Waals surface area contributed by atoms with Crippen LogP contribution in [0.3, 0.4) is 0 Å². The minimum absolute atomic E-state index is 0.0343. The molecule has 0 spiro atoms.